The molecular formula is C14H18O5S. The molecule has 110 valence electrons. The van der Waals surface area contributed by atoms with E-state index in [1.54, 1.807) is 7.11 Å². The number of carboxylic acids is 1. The molecule has 6 heteroatoms. The summed E-state index contributed by atoms with van der Waals surface area (Å²) in [4.78, 5) is 11.0. The zero-order valence-electron chi connectivity index (χ0n) is 11.3. The smallest absolute Gasteiger partial charge is 0.335 e. The van der Waals surface area contributed by atoms with Gasteiger partial charge in [0.25, 0.3) is 0 Å². The Morgan fingerprint density at radius 2 is 1.90 bits per heavy atom. The van der Waals surface area contributed by atoms with Gasteiger partial charge in [0, 0.05) is 7.11 Å². The zero-order valence-corrected chi connectivity index (χ0v) is 12.1. The molecule has 2 unspecified atom stereocenters. The van der Waals surface area contributed by atoms with E-state index in [-0.39, 0.29) is 16.6 Å². The molecule has 1 aromatic rings. The van der Waals surface area contributed by atoms with E-state index in [9.17, 15) is 13.2 Å². The van der Waals surface area contributed by atoms with Crippen molar-refractivity contribution in [2.24, 2.45) is 0 Å². The van der Waals surface area contributed by atoms with E-state index in [4.69, 9.17) is 9.84 Å². The lowest BCUT2D eigenvalue weighted by Gasteiger charge is -2.27. The lowest BCUT2D eigenvalue weighted by molar-refractivity contribution is 0.0696. The van der Waals surface area contributed by atoms with Crippen LogP contribution in [0.1, 0.15) is 36.0 Å². The fourth-order valence-electron chi connectivity index (χ4n) is 2.58. The summed E-state index contributed by atoms with van der Waals surface area (Å²) in [6.45, 7) is 0. The lowest BCUT2D eigenvalue weighted by Crippen LogP contribution is -2.31. The summed E-state index contributed by atoms with van der Waals surface area (Å²) >= 11 is 0. The van der Waals surface area contributed by atoms with E-state index < -0.39 is 21.1 Å². The molecular weight excluding hydrogens is 280 g/mol. The topological polar surface area (TPSA) is 80.7 Å². The maximum Gasteiger partial charge on any atom is 0.335 e. The number of ether oxygens (including phenoxy) is 1. The molecule has 0 saturated heterocycles. The number of methoxy groups -OCH3 is 1. The van der Waals surface area contributed by atoms with Gasteiger partial charge in [-0.3, -0.25) is 0 Å². The molecule has 0 aliphatic heterocycles. The number of sulfone groups is 1. The highest BCUT2D eigenvalue weighted by Gasteiger charge is 2.33. The number of carbonyl (C=O) groups is 1. The van der Waals surface area contributed by atoms with Crippen LogP contribution in [-0.4, -0.2) is 38.0 Å². The summed E-state index contributed by atoms with van der Waals surface area (Å²) in [5.74, 6) is -1.06. The fourth-order valence-corrected chi connectivity index (χ4v) is 4.42. The first-order valence-electron chi connectivity index (χ1n) is 6.55. The molecule has 2 rings (SSSR count). The second-order valence-corrected chi connectivity index (χ2v) is 7.25. The second kappa shape index (κ2) is 5.93. The minimum absolute atomic E-state index is 0.0122. The van der Waals surface area contributed by atoms with Crippen molar-refractivity contribution in [1.29, 1.82) is 0 Å². The molecule has 0 amide bonds. The molecule has 20 heavy (non-hydrogen) atoms. The van der Waals surface area contributed by atoms with Gasteiger partial charge in [-0.15, -0.1) is 0 Å². The van der Waals surface area contributed by atoms with Gasteiger partial charge in [0.15, 0.2) is 9.84 Å². The Morgan fingerprint density at radius 1 is 1.25 bits per heavy atom. The first-order chi connectivity index (χ1) is 9.45. The van der Waals surface area contributed by atoms with Crippen molar-refractivity contribution in [3.8, 4) is 0 Å². The van der Waals surface area contributed by atoms with E-state index in [0.717, 1.165) is 12.8 Å². The van der Waals surface area contributed by atoms with Crippen LogP contribution in [0, 0.1) is 0 Å². The first kappa shape index (κ1) is 15.0. The third-order valence-corrected chi connectivity index (χ3v) is 6.01. The summed E-state index contributed by atoms with van der Waals surface area (Å²) in [6.07, 6.45) is 2.83. The van der Waals surface area contributed by atoms with Crippen LogP contribution >= 0.6 is 0 Å². The van der Waals surface area contributed by atoms with E-state index in [1.807, 2.05) is 0 Å². The number of hydrogen-bond acceptors (Lipinski definition) is 4. The van der Waals surface area contributed by atoms with E-state index in [0.29, 0.717) is 12.8 Å². The molecule has 0 bridgehead atoms. The molecule has 1 saturated carbocycles. The van der Waals surface area contributed by atoms with Gasteiger partial charge < -0.3 is 9.84 Å². The van der Waals surface area contributed by atoms with Crippen molar-refractivity contribution in [3.05, 3.63) is 29.8 Å². The fraction of sp³-hybridized carbons (Fsp3) is 0.500. The number of benzene rings is 1. The summed E-state index contributed by atoms with van der Waals surface area (Å²) < 4.78 is 30.3. The van der Waals surface area contributed by atoms with Crippen LogP contribution in [0.25, 0.3) is 0 Å². The van der Waals surface area contributed by atoms with Crippen LogP contribution < -0.4 is 0 Å². The zero-order chi connectivity index (χ0) is 14.8. The minimum atomic E-state index is -3.42. The van der Waals surface area contributed by atoms with Gasteiger partial charge in [-0.25, -0.2) is 13.2 Å². The first-order valence-corrected chi connectivity index (χ1v) is 8.10. The minimum Gasteiger partial charge on any atom is -0.478 e. The predicted molar refractivity (Wildman–Crippen MR) is 73.6 cm³/mol. The van der Waals surface area contributed by atoms with Crippen LogP contribution in [0.4, 0.5) is 0 Å². The highest BCUT2D eigenvalue weighted by atomic mass is 32.2. The normalized spacial score (nSPS) is 23.4. The van der Waals surface area contributed by atoms with Gasteiger partial charge in [-0.05, 0) is 49.9 Å². The number of carboxylic acid groups (broad SMARTS) is 1. The average molecular weight is 298 g/mol. The molecule has 1 aromatic carbocycles. The molecule has 1 aliphatic carbocycles. The molecule has 1 fully saturated rings. The maximum absolute atomic E-state index is 12.5. The quantitative estimate of drug-likeness (QED) is 0.921. The van der Waals surface area contributed by atoms with E-state index in [1.165, 1.54) is 24.3 Å². The lowest BCUT2D eigenvalue weighted by atomic mass is 9.97. The molecule has 1 aliphatic rings. The second-order valence-electron chi connectivity index (χ2n) is 5.02. The number of rotatable bonds is 4. The standard InChI is InChI=1S/C14H18O5S/c1-19-11-3-2-4-13(9-11)20(17,18)12-7-5-10(6-8-12)14(15)16/h5-8,11,13H,2-4,9H2,1H3,(H,15,16). The molecule has 0 heterocycles. The van der Waals surface area contributed by atoms with Crippen molar-refractivity contribution in [2.75, 3.05) is 7.11 Å². The Bertz CT molecular complexity index is 576. The third-order valence-electron chi connectivity index (χ3n) is 3.78. The molecule has 0 aromatic heterocycles. The Kier molecular flexibility index (Phi) is 4.45. The van der Waals surface area contributed by atoms with Gasteiger partial charge in [0.05, 0.1) is 21.8 Å². The van der Waals surface area contributed by atoms with Gasteiger partial charge in [-0.1, -0.05) is 0 Å². The Morgan fingerprint density at radius 3 is 2.45 bits per heavy atom. The average Bonchev–Trinajstić information content (AvgIpc) is 2.47. The van der Waals surface area contributed by atoms with Crippen molar-refractivity contribution in [1.82, 2.24) is 0 Å². The van der Waals surface area contributed by atoms with Crippen LogP contribution in [-0.2, 0) is 14.6 Å². The molecule has 1 N–H and O–H groups in total. The summed E-state index contributed by atoms with van der Waals surface area (Å²) in [7, 11) is -1.82. The van der Waals surface area contributed by atoms with Crippen molar-refractivity contribution >= 4 is 15.8 Å². The summed E-state index contributed by atoms with van der Waals surface area (Å²) in [5.41, 5.74) is 0.0855. The van der Waals surface area contributed by atoms with Gasteiger partial charge in [0.2, 0.25) is 0 Å². The van der Waals surface area contributed by atoms with Gasteiger partial charge in [0.1, 0.15) is 0 Å². The van der Waals surface area contributed by atoms with E-state index >= 15 is 0 Å². The van der Waals surface area contributed by atoms with Gasteiger partial charge >= 0.3 is 5.97 Å². The molecule has 0 radical (unpaired) electrons. The number of aromatic carboxylic acids is 1. The highest BCUT2D eigenvalue weighted by Crippen LogP contribution is 2.30. The largest absolute Gasteiger partial charge is 0.478 e. The maximum atomic E-state index is 12.5. The SMILES string of the molecule is COC1CCCC(S(=O)(=O)c2ccc(C(=O)O)cc2)C1. The van der Waals surface area contributed by atoms with Crippen LogP contribution in [0.3, 0.4) is 0 Å². The van der Waals surface area contributed by atoms with Crippen LogP contribution in [0.15, 0.2) is 29.2 Å². The highest BCUT2D eigenvalue weighted by molar-refractivity contribution is 7.92. The Balaban J connectivity index is 2.23. The van der Waals surface area contributed by atoms with Crippen molar-refractivity contribution < 1.29 is 23.1 Å². The third kappa shape index (κ3) is 3.02. The van der Waals surface area contributed by atoms with Gasteiger partial charge in [-0.2, -0.15) is 0 Å². The van der Waals surface area contributed by atoms with Crippen molar-refractivity contribution in [3.63, 3.8) is 0 Å². The molecule has 0 spiro atoms. The Hall–Kier alpha value is -1.40. The van der Waals surface area contributed by atoms with Crippen LogP contribution in [0.5, 0.6) is 0 Å². The van der Waals surface area contributed by atoms with Crippen molar-refractivity contribution in [2.45, 2.75) is 41.9 Å². The summed E-state index contributed by atoms with van der Waals surface area (Å²) in [5, 5.41) is 8.38. The molecule has 5 nitrogen and oxygen atoms in total. The predicted octanol–water partition coefficient (Wildman–Crippen LogP) is 2.12. The summed E-state index contributed by atoms with van der Waals surface area (Å²) in [6, 6.07) is 5.39. The number of hydrogen-bond donors (Lipinski definition) is 1. The monoisotopic (exact) mass is 298 g/mol. The van der Waals surface area contributed by atoms with Crippen LogP contribution in [0.2, 0.25) is 0 Å². The molecule has 2 atom stereocenters. The Labute approximate surface area is 118 Å². The van der Waals surface area contributed by atoms with E-state index in [2.05, 4.69) is 0 Å².